The molecule has 0 fully saturated rings. The van der Waals surface area contributed by atoms with Gasteiger partial charge in [0.05, 0.1) is 0 Å². The van der Waals surface area contributed by atoms with Gasteiger partial charge in [-0.3, -0.25) is 14.7 Å². The maximum atomic E-state index is 11.2. The van der Waals surface area contributed by atoms with E-state index < -0.39 is 0 Å². The molecule has 2 rings (SSSR count). The molecular weight excluding hydrogens is 236 g/mol. The number of carbonyl (C=O) groups is 1. The third kappa shape index (κ3) is 2.47. The van der Waals surface area contributed by atoms with Gasteiger partial charge in [0, 0.05) is 31.4 Å². The van der Waals surface area contributed by atoms with Crippen LogP contribution in [0.15, 0.2) is 18.3 Å². The van der Waals surface area contributed by atoms with Crippen LogP contribution < -0.4 is 4.90 Å². The summed E-state index contributed by atoms with van der Waals surface area (Å²) in [5, 5.41) is 9.39. The number of hydrogen-bond donors (Lipinski definition) is 0. The standard InChI is InChI=1S/C11H12N4OS/c1-7-4-5-9(6-12-7)10-13-14-11(17-10)15(3)8(2)16/h4-6H,1-3H3. The van der Waals surface area contributed by atoms with E-state index in [1.807, 2.05) is 19.1 Å². The highest BCUT2D eigenvalue weighted by atomic mass is 32.1. The number of anilines is 1. The molecule has 2 aromatic rings. The number of carbonyl (C=O) groups excluding carboxylic acids is 1. The van der Waals surface area contributed by atoms with Crippen LogP contribution in [-0.4, -0.2) is 28.1 Å². The number of pyridine rings is 1. The molecule has 17 heavy (non-hydrogen) atoms. The van der Waals surface area contributed by atoms with Crippen molar-refractivity contribution in [2.24, 2.45) is 0 Å². The van der Waals surface area contributed by atoms with Gasteiger partial charge in [0.15, 0.2) is 5.01 Å². The Bertz CT molecular complexity index is 535. The van der Waals surface area contributed by atoms with Crippen LogP contribution in [0.3, 0.4) is 0 Å². The first-order chi connectivity index (χ1) is 8.08. The summed E-state index contributed by atoms with van der Waals surface area (Å²) < 4.78 is 0. The van der Waals surface area contributed by atoms with E-state index in [9.17, 15) is 4.79 Å². The zero-order valence-electron chi connectivity index (χ0n) is 9.84. The Hall–Kier alpha value is -1.82. The van der Waals surface area contributed by atoms with Gasteiger partial charge < -0.3 is 0 Å². The number of amides is 1. The van der Waals surface area contributed by atoms with Crippen molar-refractivity contribution in [3.05, 3.63) is 24.0 Å². The number of rotatable bonds is 2. The monoisotopic (exact) mass is 248 g/mol. The van der Waals surface area contributed by atoms with Crippen LogP contribution in [0.1, 0.15) is 12.6 Å². The highest BCUT2D eigenvalue weighted by Gasteiger charge is 2.12. The van der Waals surface area contributed by atoms with Crippen molar-refractivity contribution in [2.45, 2.75) is 13.8 Å². The molecule has 0 N–H and O–H groups in total. The molecule has 0 aliphatic rings. The van der Waals surface area contributed by atoms with Gasteiger partial charge in [-0.25, -0.2) is 0 Å². The van der Waals surface area contributed by atoms with Crippen LogP contribution >= 0.6 is 11.3 Å². The van der Waals surface area contributed by atoms with Crippen molar-refractivity contribution < 1.29 is 4.79 Å². The molecule has 0 bridgehead atoms. The molecule has 0 aliphatic heterocycles. The van der Waals surface area contributed by atoms with E-state index in [1.54, 1.807) is 13.2 Å². The number of hydrogen-bond acceptors (Lipinski definition) is 5. The largest absolute Gasteiger partial charge is 0.290 e. The third-order valence-corrected chi connectivity index (χ3v) is 3.38. The number of nitrogens with zero attached hydrogens (tertiary/aromatic N) is 4. The van der Waals surface area contributed by atoms with Crippen LogP contribution in [0.4, 0.5) is 5.13 Å². The van der Waals surface area contributed by atoms with E-state index in [-0.39, 0.29) is 5.91 Å². The minimum Gasteiger partial charge on any atom is -0.290 e. The molecule has 2 aromatic heterocycles. The van der Waals surface area contributed by atoms with E-state index in [0.717, 1.165) is 16.3 Å². The van der Waals surface area contributed by atoms with E-state index in [2.05, 4.69) is 15.2 Å². The summed E-state index contributed by atoms with van der Waals surface area (Å²) in [6, 6.07) is 3.87. The lowest BCUT2D eigenvalue weighted by atomic mass is 10.3. The lowest BCUT2D eigenvalue weighted by Gasteiger charge is -2.08. The normalized spacial score (nSPS) is 10.3. The van der Waals surface area contributed by atoms with Gasteiger partial charge >= 0.3 is 0 Å². The van der Waals surface area contributed by atoms with Gasteiger partial charge in [0.25, 0.3) is 0 Å². The zero-order valence-corrected chi connectivity index (χ0v) is 10.7. The topological polar surface area (TPSA) is 59.0 Å². The Morgan fingerprint density at radius 2 is 2.12 bits per heavy atom. The van der Waals surface area contributed by atoms with Crippen molar-refractivity contribution in [1.29, 1.82) is 0 Å². The number of aromatic nitrogens is 3. The Balaban J connectivity index is 2.29. The molecule has 2 heterocycles. The van der Waals surface area contributed by atoms with Gasteiger partial charge in [-0.1, -0.05) is 11.3 Å². The van der Waals surface area contributed by atoms with E-state index in [0.29, 0.717) is 5.13 Å². The zero-order chi connectivity index (χ0) is 12.4. The van der Waals surface area contributed by atoms with Gasteiger partial charge in [-0.2, -0.15) is 0 Å². The summed E-state index contributed by atoms with van der Waals surface area (Å²) in [5.41, 5.74) is 1.87. The fourth-order valence-corrected chi connectivity index (χ4v) is 2.04. The first-order valence-electron chi connectivity index (χ1n) is 5.09. The average Bonchev–Trinajstić information content (AvgIpc) is 2.78. The first kappa shape index (κ1) is 11.7. The van der Waals surface area contributed by atoms with E-state index in [1.165, 1.54) is 23.2 Å². The summed E-state index contributed by atoms with van der Waals surface area (Å²) >= 11 is 1.37. The molecular formula is C11H12N4OS. The predicted molar refractivity (Wildman–Crippen MR) is 67.0 cm³/mol. The SMILES string of the molecule is CC(=O)N(C)c1nnc(-c2ccc(C)nc2)s1. The minimum atomic E-state index is -0.0604. The molecule has 5 nitrogen and oxygen atoms in total. The molecule has 1 amide bonds. The van der Waals surface area contributed by atoms with Crippen LogP contribution in [0.2, 0.25) is 0 Å². The Morgan fingerprint density at radius 1 is 1.35 bits per heavy atom. The van der Waals surface area contributed by atoms with Crippen molar-refractivity contribution >= 4 is 22.4 Å². The van der Waals surface area contributed by atoms with Gasteiger partial charge in [-0.15, -0.1) is 10.2 Å². The lowest BCUT2D eigenvalue weighted by molar-refractivity contribution is -0.116. The summed E-state index contributed by atoms with van der Waals surface area (Å²) in [7, 11) is 1.68. The van der Waals surface area contributed by atoms with Crippen LogP contribution in [0, 0.1) is 6.92 Å². The summed E-state index contributed by atoms with van der Waals surface area (Å²) in [5.74, 6) is -0.0604. The Labute approximate surface area is 103 Å². The fourth-order valence-electron chi connectivity index (χ4n) is 1.20. The predicted octanol–water partition coefficient (Wildman–Crippen LogP) is 1.89. The molecule has 0 aromatic carbocycles. The van der Waals surface area contributed by atoms with Crippen molar-refractivity contribution in [3.8, 4) is 10.6 Å². The Morgan fingerprint density at radius 3 is 2.71 bits per heavy atom. The molecule has 0 saturated heterocycles. The van der Waals surface area contributed by atoms with Crippen LogP contribution in [0.25, 0.3) is 10.6 Å². The number of aryl methyl sites for hydroxylation is 1. The van der Waals surface area contributed by atoms with Crippen LogP contribution in [0.5, 0.6) is 0 Å². The second-order valence-corrected chi connectivity index (χ2v) is 4.61. The Kier molecular flexibility index (Phi) is 3.14. The summed E-state index contributed by atoms with van der Waals surface area (Å²) in [6.45, 7) is 3.42. The molecule has 0 atom stereocenters. The molecule has 0 spiro atoms. The van der Waals surface area contributed by atoms with Gasteiger partial charge in [-0.05, 0) is 19.1 Å². The second kappa shape index (κ2) is 4.58. The molecule has 0 unspecified atom stereocenters. The maximum absolute atomic E-state index is 11.2. The maximum Gasteiger partial charge on any atom is 0.225 e. The van der Waals surface area contributed by atoms with Crippen molar-refractivity contribution in [3.63, 3.8) is 0 Å². The van der Waals surface area contributed by atoms with Crippen LogP contribution in [-0.2, 0) is 4.79 Å². The quantitative estimate of drug-likeness (QED) is 0.814. The van der Waals surface area contributed by atoms with E-state index in [4.69, 9.17) is 0 Å². The molecule has 6 heteroatoms. The molecule has 0 radical (unpaired) electrons. The smallest absolute Gasteiger partial charge is 0.225 e. The first-order valence-corrected chi connectivity index (χ1v) is 5.90. The third-order valence-electron chi connectivity index (χ3n) is 2.33. The molecule has 0 aliphatic carbocycles. The minimum absolute atomic E-state index is 0.0604. The average molecular weight is 248 g/mol. The van der Waals surface area contributed by atoms with E-state index >= 15 is 0 Å². The van der Waals surface area contributed by atoms with Gasteiger partial charge in [0.1, 0.15) is 0 Å². The summed E-state index contributed by atoms with van der Waals surface area (Å²) in [4.78, 5) is 16.9. The highest BCUT2D eigenvalue weighted by Crippen LogP contribution is 2.27. The molecule has 0 saturated carbocycles. The molecule has 88 valence electrons. The highest BCUT2D eigenvalue weighted by molar-refractivity contribution is 7.18. The van der Waals surface area contributed by atoms with Crippen molar-refractivity contribution in [1.82, 2.24) is 15.2 Å². The fraction of sp³-hybridized carbons (Fsp3) is 0.273. The second-order valence-electron chi connectivity index (χ2n) is 3.66. The lowest BCUT2D eigenvalue weighted by Crippen LogP contribution is -2.22. The van der Waals surface area contributed by atoms with Gasteiger partial charge in [0.2, 0.25) is 11.0 Å². The summed E-state index contributed by atoms with van der Waals surface area (Å²) in [6.07, 6.45) is 1.76. The van der Waals surface area contributed by atoms with Crippen molar-refractivity contribution in [2.75, 3.05) is 11.9 Å².